The lowest BCUT2D eigenvalue weighted by Gasteiger charge is -2.10. The first-order valence-corrected chi connectivity index (χ1v) is 5.05. The van der Waals surface area contributed by atoms with Crippen molar-refractivity contribution in [2.75, 3.05) is 7.11 Å². The molecule has 0 aliphatic heterocycles. The van der Waals surface area contributed by atoms with Gasteiger partial charge in [0.2, 0.25) is 0 Å². The van der Waals surface area contributed by atoms with Gasteiger partial charge in [0.1, 0.15) is 11.5 Å². The molecule has 78 valence electrons. The van der Waals surface area contributed by atoms with Crippen molar-refractivity contribution in [1.82, 2.24) is 0 Å². The van der Waals surface area contributed by atoms with Gasteiger partial charge in [-0.25, -0.2) is 0 Å². The number of rotatable bonds is 4. The van der Waals surface area contributed by atoms with E-state index in [1.54, 1.807) is 7.11 Å². The van der Waals surface area contributed by atoms with E-state index in [1.807, 2.05) is 19.1 Å². The minimum Gasteiger partial charge on any atom is -0.508 e. The van der Waals surface area contributed by atoms with Gasteiger partial charge < -0.3 is 9.84 Å². The van der Waals surface area contributed by atoms with Crippen molar-refractivity contribution in [1.29, 1.82) is 0 Å². The van der Waals surface area contributed by atoms with Crippen LogP contribution >= 0.6 is 0 Å². The van der Waals surface area contributed by atoms with Gasteiger partial charge in [0.25, 0.3) is 0 Å². The van der Waals surface area contributed by atoms with Crippen molar-refractivity contribution in [3.05, 3.63) is 23.3 Å². The number of phenolic OH excluding ortho intramolecular Hbond substituents is 1. The molecular formula is C12H18O2. The Labute approximate surface area is 85.5 Å². The van der Waals surface area contributed by atoms with E-state index in [1.165, 1.54) is 0 Å². The number of hydrogen-bond acceptors (Lipinski definition) is 2. The van der Waals surface area contributed by atoms with Crippen molar-refractivity contribution in [3.63, 3.8) is 0 Å². The zero-order chi connectivity index (χ0) is 10.6. The minimum atomic E-state index is 0.358. The smallest absolute Gasteiger partial charge is 0.122 e. The summed E-state index contributed by atoms with van der Waals surface area (Å²) in [5.74, 6) is 1.24. The van der Waals surface area contributed by atoms with E-state index in [0.717, 1.165) is 36.1 Å². The van der Waals surface area contributed by atoms with Gasteiger partial charge in [0, 0.05) is 0 Å². The number of ether oxygens (including phenoxy) is 1. The Balaban J connectivity index is 2.95. The second kappa shape index (κ2) is 4.89. The van der Waals surface area contributed by atoms with E-state index in [-0.39, 0.29) is 0 Å². The first kappa shape index (κ1) is 10.9. The molecule has 0 radical (unpaired) electrons. The van der Waals surface area contributed by atoms with E-state index in [9.17, 15) is 5.11 Å². The molecule has 2 heteroatoms. The zero-order valence-corrected chi connectivity index (χ0v) is 9.13. The second-order valence-corrected chi connectivity index (χ2v) is 3.55. The molecule has 1 aromatic carbocycles. The van der Waals surface area contributed by atoms with Crippen LogP contribution in [0.15, 0.2) is 12.1 Å². The Morgan fingerprint density at radius 1 is 1.36 bits per heavy atom. The molecule has 1 rings (SSSR count). The molecule has 2 nitrogen and oxygen atoms in total. The van der Waals surface area contributed by atoms with E-state index >= 15 is 0 Å². The SMILES string of the molecule is CCCCc1cc(O)c(C)cc1OC. The molecule has 1 N–H and O–H groups in total. The van der Waals surface area contributed by atoms with Crippen LogP contribution in [0.3, 0.4) is 0 Å². The van der Waals surface area contributed by atoms with Crippen LogP contribution in [-0.4, -0.2) is 12.2 Å². The lowest BCUT2D eigenvalue weighted by molar-refractivity contribution is 0.405. The number of hydrogen-bond donors (Lipinski definition) is 1. The van der Waals surface area contributed by atoms with Gasteiger partial charge in [-0.3, -0.25) is 0 Å². The first-order valence-electron chi connectivity index (χ1n) is 5.05. The summed E-state index contributed by atoms with van der Waals surface area (Å²) in [5.41, 5.74) is 1.96. The lowest BCUT2D eigenvalue weighted by atomic mass is 10.0. The summed E-state index contributed by atoms with van der Waals surface area (Å²) in [4.78, 5) is 0. The molecule has 0 saturated heterocycles. The van der Waals surface area contributed by atoms with Crippen LogP contribution in [0.2, 0.25) is 0 Å². The van der Waals surface area contributed by atoms with Crippen LogP contribution in [0, 0.1) is 6.92 Å². The van der Waals surface area contributed by atoms with Crippen LogP contribution in [0.5, 0.6) is 11.5 Å². The second-order valence-electron chi connectivity index (χ2n) is 3.55. The topological polar surface area (TPSA) is 29.5 Å². The van der Waals surface area contributed by atoms with Crippen LogP contribution in [0.1, 0.15) is 30.9 Å². The maximum absolute atomic E-state index is 9.56. The Hall–Kier alpha value is -1.18. The van der Waals surface area contributed by atoms with Crippen LogP contribution in [-0.2, 0) is 6.42 Å². The highest BCUT2D eigenvalue weighted by molar-refractivity contribution is 5.45. The average Bonchev–Trinajstić information content (AvgIpc) is 2.19. The number of unbranched alkanes of at least 4 members (excludes halogenated alkanes) is 1. The van der Waals surface area contributed by atoms with Gasteiger partial charge in [-0.15, -0.1) is 0 Å². The molecule has 0 aliphatic rings. The molecule has 1 aromatic rings. The molecule has 0 fully saturated rings. The summed E-state index contributed by atoms with van der Waals surface area (Å²) < 4.78 is 5.27. The highest BCUT2D eigenvalue weighted by Crippen LogP contribution is 2.28. The number of aryl methyl sites for hydroxylation is 2. The van der Waals surface area contributed by atoms with E-state index < -0.39 is 0 Å². The summed E-state index contributed by atoms with van der Waals surface area (Å²) in [7, 11) is 1.67. The number of aromatic hydroxyl groups is 1. The average molecular weight is 194 g/mol. The number of benzene rings is 1. The summed E-state index contributed by atoms with van der Waals surface area (Å²) in [6, 6.07) is 3.70. The fourth-order valence-electron chi connectivity index (χ4n) is 1.47. The molecule has 0 amide bonds. The molecular weight excluding hydrogens is 176 g/mol. The van der Waals surface area contributed by atoms with Gasteiger partial charge in [-0.2, -0.15) is 0 Å². The fourth-order valence-corrected chi connectivity index (χ4v) is 1.47. The van der Waals surface area contributed by atoms with Crippen LogP contribution in [0.25, 0.3) is 0 Å². The van der Waals surface area contributed by atoms with Crippen molar-refractivity contribution in [2.24, 2.45) is 0 Å². The predicted molar refractivity (Wildman–Crippen MR) is 58.0 cm³/mol. The maximum Gasteiger partial charge on any atom is 0.122 e. The summed E-state index contributed by atoms with van der Waals surface area (Å²) in [5, 5.41) is 9.56. The van der Waals surface area contributed by atoms with Crippen molar-refractivity contribution < 1.29 is 9.84 Å². The maximum atomic E-state index is 9.56. The van der Waals surface area contributed by atoms with Crippen molar-refractivity contribution in [2.45, 2.75) is 33.1 Å². The minimum absolute atomic E-state index is 0.358. The molecule has 14 heavy (non-hydrogen) atoms. The summed E-state index contributed by atoms with van der Waals surface area (Å²) in [6.07, 6.45) is 3.24. The third-order valence-corrected chi connectivity index (χ3v) is 2.40. The Morgan fingerprint density at radius 3 is 2.64 bits per heavy atom. The van der Waals surface area contributed by atoms with Crippen LogP contribution in [0.4, 0.5) is 0 Å². The van der Waals surface area contributed by atoms with Crippen LogP contribution < -0.4 is 4.74 Å². The zero-order valence-electron chi connectivity index (χ0n) is 9.13. The third kappa shape index (κ3) is 2.41. The number of methoxy groups -OCH3 is 1. The van der Waals surface area contributed by atoms with Gasteiger partial charge in [0.05, 0.1) is 7.11 Å². The summed E-state index contributed by atoms with van der Waals surface area (Å²) >= 11 is 0. The Kier molecular flexibility index (Phi) is 3.81. The van der Waals surface area contributed by atoms with Crippen molar-refractivity contribution >= 4 is 0 Å². The van der Waals surface area contributed by atoms with Crippen molar-refractivity contribution in [3.8, 4) is 11.5 Å². The first-order chi connectivity index (χ1) is 6.69. The quantitative estimate of drug-likeness (QED) is 0.798. The molecule has 0 aliphatic carbocycles. The predicted octanol–water partition coefficient (Wildman–Crippen LogP) is 3.05. The lowest BCUT2D eigenvalue weighted by Crippen LogP contribution is -1.93. The fraction of sp³-hybridized carbons (Fsp3) is 0.500. The molecule has 0 unspecified atom stereocenters. The molecule has 0 atom stereocenters. The van der Waals surface area contributed by atoms with Gasteiger partial charge in [-0.05, 0) is 43.0 Å². The normalized spacial score (nSPS) is 10.2. The summed E-state index contributed by atoms with van der Waals surface area (Å²) in [6.45, 7) is 4.03. The molecule has 0 heterocycles. The Bertz CT molecular complexity index is 305. The molecule has 0 bridgehead atoms. The standard InChI is InChI=1S/C12H18O2/c1-4-5-6-10-8-11(13)9(2)7-12(10)14-3/h7-8,13H,4-6H2,1-3H3. The van der Waals surface area contributed by atoms with Gasteiger partial charge >= 0.3 is 0 Å². The Morgan fingerprint density at radius 2 is 2.07 bits per heavy atom. The van der Waals surface area contributed by atoms with Gasteiger partial charge in [-0.1, -0.05) is 13.3 Å². The monoisotopic (exact) mass is 194 g/mol. The largest absolute Gasteiger partial charge is 0.508 e. The highest BCUT2D eigenvalue weighted by Gasteiger charge is 2.06. The third-order valence-electron chi connectivity index (χ3n) is 2.40. The molecule has 0 spiro atoms. The molecule has 0 aromatic heterocycles. The van der Waals surface area contributed by atoms with E-state index in [4.69, 9.17) is 4.74 Å². The number of phenols is 1. The molecule has 0 saturated carbocycles. The van der Waals surface area contributed by atoms with Gasteiger partial charge in [0.15, 0.2) is 0 Å². The highest BCUT2D eigenvalue weighted by atomic mass is 16.5. The van der Waals surface area contributed by atoms with E-state index in [0.29, 0.717) is 5.75 Å². The van der Waals surface area contributed by atoms with E-state index in [2.05, 4.69) is 6.92 Å².